The van der Waals surface area contributed by atoms with Gasteiger partial charge in [-0.25, -0.2) is 9.78 Å². The number of nitrogens with zero attached hydrogens (tertiary/aromatic N) is 2. The predicted octanol–water partition coefficient (Wildman–Crippen LogP) is 4.44. The maximum Gasteiger partial charge on any atom is 0.408 e. The van der Waals surface area contributed by atoms with Crippen LogP contribution in [-0.2, 0) is 11.8 Å². The summed E-state index contributed by atoms with van der Waals surface area (Å²) in [4.78, 5) is 16.5. The van der Waals surface area contributed by atoms with E-state index in [0.717, 1.165) is 21.6 Å². The number of rotatable bonds is 3. The third-order valence-electron chi connectivity index (χ3n) is 3.17. The highest BCUT2D eigenvalue weighted by molar-refractivity contribution is 9.10. The van der Waals surface area contributed by atoms with Gasteiger partial charge in [0.2, 0.25) is 0 Å². The Morgan fingerprint density at radius 1 is 1.30 bits per heavy atom. The summed E-state index contributed by atoms with van der Waals surface area (Å²) in [6.45, 7) is 7.40. The zero-order valence-electron chi connectivity index (χ0n) is 14.1. The number of nitrogens with one attached hydrogen (secondary N) is 1. The van der Waals surface area contributed by atoms with Gasteiger partial charge in [0.25, 0.3) is 0 Å². The van der Waals surface area contributed by atoms with Crippen LogP contribution in [0.25, 0.3) is 11.3 Å². The molecule has 0 radical (unpaired) electrons. The molecule has 0 saturated carbocycles. The van der Waals surface area contributed by atoms with Crippen molar-refractivity contribution in [2.75, 3.05) is 0 Å². The molecule has 1 N–H and O–H groups in total. The van der Waals surface area contributed by atoms with Gasteiger partial charge in [-0.1, -0.05) is 28.1 Å². The number of amides is 1. The molecule has 0 aliphatic heterocycles. The van der Waals surface area contributed by atoms with Crippen LogP contribution in [0.3, 0.4) is 0 Å². The van der Waals surface area contributed by atoms with E-state index in [1.807, 2.05) is 69.8 Å². The monoisotopic (exact) mass is 379 g/mol. The fourth-order valence-electron chi connectivity index (χ4n) is 2.19. The number of aryl methyl sites for hydroxylation is 1. The third-order valence-corrected chi connectivity index (χ3v) is 3.70. The summed E-state index contributed by atoms with van der Waals surface area (Å²) in [6.07, 6.45) is 1.50. The second kappa shape index (κ2) is 6.74. The van der Waals surface area contributed by atoms with Crippen molar-refractivity contribution >= 4 is 22.0 Å². The summed E-state index contributed by atoms with van der Waals surface area (Å²) >= 11 is 3.42. The first-order valence-corrected chi connectivity index (χ1v) is 8.24. The second-order valence-corrected chi connectivity index (χ2v) is 7.39. The van der Waals surface area contributed by atoms with E-state index < -0.39 is 11.7 Å². The van der Waals surface area contributed by atoms with Gasteiger partial charge >= 0.3 is 6.09 Å². The smallest absolute Gasteiger partial charge is 0.408 e. The Kier molecular flexibility index (Phi) is 5.14. The third kappa shape index (κ3) is 4.82. The topological polar surface area (TPSA) is 56.1 Å². The molecule has 0 spiro atoms. The standard InChI is InChI=1S/C17H22BrN3O2/c1-11(19-16(22)23-17(2,3)4)15-20-14(10-21(15)5)12-6-8-13(18)9-7-12/h6-11H,1-5H3,(H,19,22). The lowest BCUT2D eigenvalue weighted by Crippen LogP contribution is -2.34. The van der Waals surface area contributed by atoms with Crippen LogP contribution < -0.4 is 5.32 Å². The summed E-state index contributed by atoms with van der Waals surface area (Å²) in [5.74, 6) is 0.772. The summed E-state index contributed by atoms with van der Waals surface area (Å²) in [6, 6.07) is 7.71. The van der Waals surface area contributed by atoms with E-state index in [1.165, 1.54) is 0 Å². The summed E-state index contributed by atoms with van der Waals surface area (Å²) in [7, 11) is 1.91. The van der Waals surface area contributed by atoms with Gasteiger partial charge in [0.1, 0.15) is 11.4 Å². The number of alkyl carbamates (subject to hydrolysis) is 1. The van der Waals surface area contributed by atoms with Crippen LogP contribution in [0.5, 0.6) is 0 Å². The van der Waals surface area contributed by atoms with Crippen molar-refractivity contribution in [2.24, 2.45) is 7.05 Å². The molecule has 124 valence electrons. The van der Waals surface area contributed by atoms with Crippen molar-refractivity contribution < 1.29 is 9.53 Å². The minimum absolute atomic E-state index is 0.251. The van der Waals surface area contributed by atoms with Crippen molar-refractivity contribution in [3.63, 3.8) is 0 Å². The SMILES string of the molecule is CC(NC(=O)OC(C)(C)C)c1nc(-c2ccc(Br)cc2)cn1C. The van der Waals surface area contributed by atoms with Crippen molar-refractivity contribution in [1.29, 1.82) is 0 Å². The first-order chi connectivity index (χ1) is 10.7. The molecule has 1 heterocycles. The molecule has 5 nitrogen and oxygen atoms in total. The molecule has 1 aromatic heterocycles. The number of carbonyl (C=O) groups is 1. The number of benzene rings is 1. The summed E-state index contributed by atoms with van der Waals surface area (Å²) in [5.41, 5.74) is 1.38. The molecule has 2 rings (SSSR count). The molecular formula is C17H22BrN3O2. The average Bonchev–Trinajstić information content (AvgIpc) is 2.79. The maximum absolute atomic E-state index is 11.9. The number of ether oxygens (including phenoxy) is 1. The highest BCUT2D eigenvalue weighted by Gasteiger charge is 2.20. The molecule has 1 unspecified atom stereocenters. The van der Waals surface area contributed by atoms with Crippen LogP contribution in [0.4, 0.5) is 4.79 Å². The minimum atomic E-state index is -0.520. The summed E-state index contributed by atoms with van der Waals surface area (Å²) < 4.78 is 8.22. The Hall–Kier alpha value is -1.82. The fraction of sp³-hybridized carbons (Fsp3) is 0.412. The maximum atomic E-state index is 11.9. The van der Waals surface area contributed by atoms with Crippen LogP contribution in [-0.4, -0.2) is 21.2 Å². The van der Waals surface area contributed by atoms with Crippen molar-refractivity contribution in [2.45, 2.75) is 39.3 Å². The summed E-state index contributed by atoms with van der Waals surface area (Å²) in [5, 5.41) is 2.82. The van der Waals surface area contributed by atoms with Crippen LogP contribution in [0, 0.1) is 0 Å². The van der Waals surface area contributed by atoms with Gasteiger partial charge < -0.3 is 14.6 Å². The van der Waals surface area contributed by atoms with Gasteiger partial charge in [-0.15, -0.1) is 0 Å². The zero-order chi connectivity index (χ0) is 17.2. The molecule has 0 aliphatic rings. The van der Waals surface area contributed by atoms with E-state index in [2.05, 4.69) is 26.2 Å². The first kappa shape index (κ1) is 17.5. The van der Waals surface area contributed by atoms with Crippen molar-refractivity contribution in [3.05, 3.63) is 40.8 Å². The molecule has 0 bridgehead atoms. The van der Waals surface area contributed by atoms with Gasteiger partial charge in [-0.2, -0.15) is 0 Å². The van der Waals surface area contributed by atoms with E-state index in [0.29, 0.717) is 0 Å². The number of aromatic nitrogens is 2. The Morgan fingerprint density at radius 3 is 2.48 bits per heavy atom. The van der Waals surface area contributed by atoms with Gasteiger partial charge in [0.05, 0.1) is 11.7 Å². The van der Waals surface area contributed by atoms with E-state index >= 15 is 0 Å². The van der Waals surface area contributed by atoms with Crippen LogP contribution in [0.15, 0.2) is 34.9 Å². The van der Waals surface area contributed by atoms with Gasteiger partial charge in [0, 0.05) is 23.3 Å². The Morgan fingerprint density at radius 2 is 1.91 bits per heavy atom. The highest BCUT2D eigenvalue weighted by Crippen LogP contribution is 2.23. The van der Waals surface area contributed by atoms with E-state index in [9.17, 15) is 4.79 Å². The predicted molar refractivity (Wildman–Crippen MR) is 94.1 cm³/mol. The number of halogens is 1. The first-order valence-electron chi connectivity index (χ1n) is 7.44. The quantitative estimate of drug-likeness (QED) is 0.857. The number of imidazole rings is 1. The molecule has 2 aromatic rings. The van der Waals surface area contributed by atoms with Crippen LogP contribution in [0.1, 0.15) is 39.6 Å². The largest absolute Gasteiger partial charge is 0.444 e. The zero-order valence-corrected chi connectivity index (χ0v) is 15.6. The molecule has 1 atom stereocenters. The number of hydrogen-bond donors (Lipinski definition) is 1. The molecule has 23 heavy (non-hydrogen) atoms. The molecular weight excluding hydrogens is 358 g/mol. The molecule has 0 aliphatic carbocycles. The van der Waals surface area contributed by atoms with Crippen molar-refractivity contribution in [1.82, 2.24) is 14.9 Å². The normalized spacial score (nSPS) is 12.8. The lowest BCUT2D eigenvalue weighted by atomic mass is 10.2. The number of carbonyl (C=O) groups excluding carboxylic acids is 1. The Bertz CT molecular complexity index is 687. The number of hydrogen-bond acceptors (Lipinski definition) is 3. The molecule has 6 heteroatoms. The van der Waals surface area contributed by atoms with Gasteiger partial charge in [0.15, 0.2) is 0 Å². The average molecular weight is 380 g/mol. The van der Waals surface area contributed by atoms with E-state index in [4.69, 9.17) is 4.74 Å². The van der Waals surface area contributed by atoms with Crippen LogP contribution in [0.2, 0.25) is 0 Å². The minimum Gasteiger partial charge on any atom is -0.444 e. The molecule has 0 saturated heterocycles. The lowest BCUT2D eigenvalue weighted by Gasteiger charge is -2.21. The molecule has 1 amide bonds. The fourth-order valence-corrected chi connectivity index (χ4v) is 2.46. The van der Waals surface area contributed by atoms with Gasteiger partial charge in [-0.05, 0) is 39.8 Å². The van der Waals surface area contributed by atoms with Crippen molar-refractivity contribution in [3.8, 4) is 11.3 Å². The van der Waals surface area contributed by atoms with E-state index in [-0.39, 0.29) is 6.04 Å². The van der Waals surface area contributed by atoms with E-state index in [1.54, 1.807) is 0 Å². The van der Waals surface area contributed by atoms with Gasteiger partial charge in [-0.3, -0.25) is 0 Å². The Balaban J connectivity index is 2.14. The lowest BCUT2D eigenvalue weighted by molar-refractivity contribution is 0.0505. The Labute approximate surface area is 145 Å². The highest BCUT2D eigenvalue weighted by atomic mass is 79.9. The van der Waals surface area contributed by atoms with Crippen LogP contribution >= 0.6 is 15.9 Å². The molecule has 1 aromatic carbocycles. The molecule has 0 fully saturated rings. The second-order valence-electron chi connectivity index (χ2n) is 6.47.